The Morgan fingerprint density at radius 1 is 1.15 bits per heavy atom. The summed E-state index contributed by atoms with van der Waals surface area (Å²) in [6.07, 6.45) is 3.76. The van der Waals surface area contributed by atoms with Gasteiger partial charge >= 0.3 is 0 Å². The lowest BCUT2D eigenvalue weighted by atomic mass is 10.2. The molecule has 2 amide bonds. The van der Waals surface area contributed by atoms with Gasteiger partial charge in [0.25, 0.3) is 11.8 Å². The van der Waals surface area contributed by atoms with Crippen molar-refractivity contribution in [2.45, 2.75) is 25.8 Å². The Balaban J connectivity index is 1.75. The summed E-state index contributed by atoms with van der Waals surface area (Å²) in [5, 5.41) is 2.94. The topological polar surface area (TPSA) is 66.7 Å². The molecule has 0 atom stereocenters. The standard InChI is InChI=1S/C20H20N4O2/c1-2-23(15-8-4-3-5-9-15)20(26)17-16-10-6-7-13-24(16)18(22-17)19(25)21-14-11-12-14/h3-10,13-14H,2,11-12H2,1H3,(H,21,25). The van der Waals surface area contributed by atoms with Crippen LogP contribution >= 0.6 is 0 Å². The van der Waals surface area contributed by atoms with Crippen LogP contribution in [-0.4, -0.2) is 33.8 Å². The number of carbonyl (C=O) groups excluding carboxylic acids is 2. The molecule has 1 aromatic carbocycles. The predicted octanol–water partition coefficient (Wildman–Crippen LogP) is 2.89. The molecule has 132 valence electrons. The summed E-state index contributed by atoms with van der Waals surface area (Å²) in [6, 6.07) is 15.2. The molecule has 1 aliphatic carbocycles. The van der Waals surface area contributed by atoms with Gasteiger partial charge in [-0.05, 0) is 44.0 Å². The number of amides is 2. The van der Waals surface area contributed by atoms with E-state index in [0.717, 1.165) is 18.5 Å². The fraction of sp³-hybridized carbons (Fsp3) is 0.250. The molecule has 0 unspecified atom stereocenters. The molecule has 0 aliphatic heterocycles. The van der Waals surface area contributed by atoms with Gasteiger partial charge in [0.2, 0.25) is 5.82 Å². The number of anilines is 1. The zero-order valence-corrected chi connectivity index (χ0v) is 14.6. The zero-order valence-electron chi connectivity index (χ0n) is 14.6. The van der Waals surface area contributed by atoms with Crippen molar-refractivity contribution in [2.75, 3.05) is 11.4 Å². The van der Waals surface area contributed by atoms with Gasteiger partial charge < -0.3 is 10.2 Å². The second-order valence-electron chi connectivity index (χ2n) is 6.37. The van der Waals surface area contributed by atoms with Crippen molar-refractivity contribution >= 4 is 23.0 Å². The van der Waals surface area contributed by atoms with Crippen LogP contribution in [-0.2, 0) is 0 Å². The molecule has 1 aliphatic rings. The molecule has 3 aromatic rings. The summed E-state index contributed by atoms with van der Waals surface area (Å²) in [4.78, 5) is 31.8. The average Bonchev–Trinajstić information content (AvgIpc) is 3.40. The maximum atomic E-state index is 13.2. The fourth-order valence-electron chi connectivity index (χ4n) is 3.01. The molecule has 4 rings (SSSR count). The molecule has 2 aromatic heterocycles. The van der Waals surface area contributed by atoms with E-state index in [1.165, 1.54) is 0 Å². The molecule has 6 heteroatoms. The molecule has 26 heavy (non-hydrogen) atoms. The van der Waals surface area contributed by atoms with E-state index < -0.39 is 0 Å². The molecular formula is C20H20N4O2. The summed E-state index contributed by atoms with van der Waals surface area (Å²) in [5.41, 5.74) is 1.73. The Labute approximate surface area is 151 Å². The van der Waals surface area contributed by atoms with Gasteiger partial charge in [-0.15, -0.1) is 0 Å². The van der Waals surface area contributed by atoms with E-state index in [1.807, 2.05) is 55.5 Å². The van der Waals surface area contributed by atoms with Crippen LogP contribution in [0.3, 0.4) is 0 Å². The van der Waals surface area contributed by atoms with E-state index >= 15 is 0 Å². The number of benzene rings is 1. The predicted molar refractivity (Wildman–Crippen MR) is 99.5 cm³/mol. The maximum Gasteiger partial charge on any atom is 0.287 e. The van der Waals surface area contributed by atoms with Crippen molar-refractivity contribution in [1.82, 2.24) is 14.7 Å². The second kappa shape index (κ2) is 6.63. The number of aromatic nitrogens is 2. The quantitative estimate of drug-likeness (QED) is 0.771. The van der Waals surface area contributed by atoms with Gasteiger partial charge in [-0.1, -0.05) is 24.3 Å². The van der Waals surface area contributed by atoms with Gasteiger partial charge in [0.05, 0.1) is 5.52 Å². The summed E-state index contributed by atoms with van der Waals surface area (Å²) < 4.78 is 1.68. The number of nitrogens with one attached hydrogen (secondary N) is 1. The van der Waals surface area contributed by atoms with E-state index in [-0.39, 0.29) is 29.4 Å². The summed E-state index contributed by atoms with van der Waals surface area (Å²) in [5.74, 6) is -0.205. The third-order valence-electron chi connectivity index (χ3n) is 4.50. The van der Waals surface area contributed by atoms with Crippen molar-refractivity contribution in [3.63, 3.8) is 0 Å². The van der Waals surface area contributed by atoms with Crippen LogP contribution in [0.25, 0.3) is 5.52 Å². The molecule has 1 saturated carbocycles. The molecule has 1 fully saturated rings. The van der Waals surface area contributed by atoms with Crippen LogP contribution in [0.5, 0.6) is 0 Å². The molecule has 1 N–H and O–H groups in total. The number of rotatable bonds is 5. The highest BCUT2D eigenvalue weighted by atomic mass is 16.2. The number of carbonyl (C=O) groups is 2. The third-order valence-corrected chi connectivity index (χ3v) is 4.50. The first-order valence-electron chi connectivity index (χ1n) is 8.84. The van der Waals surface area contributed by atoms with Gasteiger partial charge in [-0.3, -0.25) is 14.0 Å². The maximum absolute atomic E-state index is 13.2. The summed E-state index contributed by atoms with van der Waals surface area (Å²) in [7, 11) is 0. The number of hydrogen-bond donors (Lipinski definition) is 1. The molecule has 0 radical (unpaired) electrons. The summed E-state index contributed by atoms with van der Waals surface area (Å²) in [6.45, 7) is 2.43. The Hall–Kier alpha value is -3.15. The van der Waals surface area contributed by atoms with Crippen LogP contribution in [0.2, 0.25) is 0 Å². The lowest BCUT2D eigenvalue weighted by Gasteiger charge is -2.20. The summed E-state index contributed by atoms with van der Waals surface area (Å²) >= 11 is 0. The number of nitrogens with zero attached hydrogens (tertiary/aromatic N) is 3. The van der Waals surface area contributed by atoms with E-state index in [1.54, 1.807) is 15.5 Å². The fourth-order valence-corrected chi connectivity index (χ4v) is 3.01. The van der Waals surface area contributed by atoms with Crippen molar-refractivity contribution in [2.24, 2.45) is 0 Å². The largest absolute Gasteiger partial charge is 0.347 e. The monoisotopic (exact) mass is 348 g/mol. The van der Waals surface area contributed by atoms with Crippen molar-refractivity contribution in [1.29, 1.82) is 0 Å². The van der Waals surface area contributed by atoms with Crippen LogP contribution in [0.1, 0.15) is 40.9 Å². The van der Waals surface area contributed by atoms with Gasteiger partial charge in [0, 0.05) is 24.5 Å². The molecule has 0 bridgehead atoms. The molecule has 0 saturated heterocycles. The van der Waals surface area contributed by atoms with Crippen molar-refractivity contribution in [3.8, 4) is 0 Å². The first-order chi connectivity index (χ1) is 12.7. The highest BCUT2D eigenvalue weighted by molar-refractivity contribution is 6.10. The van der Waals surface area contributed by atoms with Crippen LogP contribution < -0.4 is 10.2 Å². The lowest BCUT2D eigenvalue weighted by Crippen LogP contribution is -2.31. The minimum atomic E-state index is -0.240. The van der Waals surface area contributed by atoms with E-state index in [0.29, 0.717) is 12.1 Å². The van der Waals surface area contributed by atoms with E-state index in [2.05, 4.69) is 10.3 Å². The number of fused-ring (bicyclic) bond motifs is 1. The van der Waals surface area contributed by atoms with Crippen molar-refractivity contribution < 1.29 is 9.59 Å². The Morgan fingerprint density at radius 2 is 1.88 bits per heavy atom. The van der Waals surface area contributed by atoms with E-state index in [4.69, 9.17) is 0 Å². The smallest absolute Gasteiger partial charge is 0.287 e. The highest BCUT2D eigenvalue weighted by Crippen LogP contribution is 2.22. The van der Waals surface area contributed by atoms with Crippen LogP contribution in [0, 0.1) is 0 Å². The Bertz CT molecular complexity index is 960. The number of imidazole rings is 1. The average molecular weight is 348 g/mol. The number of para-hydroxylation sites is 1. The van der Waals surface area contributed by atoms with Gasteiger partial charge in [-0.2, -0.15) is 0 Å². The first-order valence-corrected chi connectivity index (χ1v) is 8.84. The molecule has 0 spiro atoms. The molecule has 6 nitrogen and oxygen atoms in total. The lowest BCUT2D eigenvalue weighted by molar-refractivity contribution is 0.0940. The SMILES string of the molecule is CCN(C(=O)c1nc(C(=O)NC2CC2)n2ccccc12)c1ccccc1. The van der Waals surface area contributed by atoms with Gasteiger partial charge in [0.15, 0.2) is 5.69 Å². The van der Waals surface area contributed by atoms with Gasteiger partial charge in [0.1, 0.15) is 0 Å². The first kappa shape index (κ1) is 16.3. The zero-order chi connectivity index (χ0) is 18.1. The number of pyridine rings is 1. The Morgan fingerprint density at radius 3 is 2.58 bits per heavy atom. The minimum absolute atomic E-state index is 0.215. The molecular weight excluding hydrogens is 328 g/mol. The van der Waals surface area contributed by atoms with Gasteiger partial charge in [-0.25, -0.2) is 4.98 Å². The second-order valence-corrected chi connectivity index (χ2v) is 6.37. The normalized spacial score (nSPS) is 13.6. The third kappa shape index (κ3) is 2.94. The number of hydrogen-bond acceptors (Lipinski definition) is 3. The van der Waals surface area contributed by atoms with Crippen LogP contribution in [0.15, 0.2) is 54.7 Å². The van der Waals surface area contributed by atoms with Crippen LogP contribution in [0.4, 0.5) is 5.69 Å². The molecule has 2 heterocycles. The van der Waals surface area contributed by atoms with E-state index in [9.17, 15) is 9.59 Å². The minimum Gasteiger partial charge on any atom is -0.347 e. The highest BCUT2D eigenvalue weighted by Gasteiger charge is 2.29. The van der Waals surface area contributed by atoms with Crippen molar-refractivity contribution in [3.05, 3.63) is 66.2 Å². The Kier molecular flexibility index (Phi) is 4.16.